The van der Waals surface area contributed by atoms with Gasteiger partial charge in [-0.25, -0.2) is 0 Å². The molecule has 2 N–H and O–H groups in total. The smallest absolute Gasteiger partial charge is 0.152 e. The molecule has 4 rings (SSSR count). The average Bonchev–Trinajstić information content (AvgIpc) is 2.80. The van der Waals surface area contributed by atoms with E-state index in [1.54, 1.807) is 0 Å². The Morgan fingerprint density at radius 1 is 0.321 bits per heavy atom. The highest BCUT2D eigenvalue weighted by Crippen LogP contribution is 2.49. The summed E-state index contributed by atoms with van der Waals surface area (Å²) in [6, 6.07) is 37.4. The molecule has 0 radical (unpaired) electrons. The van der Waals surface area contributed by atoms with Crippen molar-refractivity contribution in [3.63, 3.8) is 0 Å². The summed E-state index contributed by atoms with van der Waals surface area (Å²) >= 11 is 0. The summed E-state index contributed by atoms with van der Waals surface area (Å²) in [6.45, 7) is 0. The topological polar surface area (TPSA) is 40.5 Å². The second kappa shape index (κ2) is 7.43. The highest BCUT2D eigenvalue weighted by atomic mass is 16.4. The molecule has 0 spiro atoms. The van der Waals surface area contributed by atoms with Gasteiger partial charge >= 0.3 is 0 Å². The van der Waals surface area contributed by atoms with E-state index in [2.05, 4.69) is 0 Å². The van der Waals surface area contributed by atoms with E-state index in [4.69, 9.17) is 0 Å². The standard InChI is InChI=1S/C26H22O2/c27-25(21-13-5-1-6-14-21,22-15-7-2-8-16-22)26(28,23-17-9-3-10-18-23)24-19-11-4-12-20-24/h1-20,27-28H. The molecule has 0 atom stereocenters. The Bertz CT molecular complexity index is 847. The van der Waals surface area contributed by atoms with Crippen molar-refractivity contribution < 1.29 is 10.2 Å². The van der Waals surface area contributed by atoms with Crippen LogP contribution in [-0.2, 0) is 11.2 Å². The fourth-order valence-corrected chi connectivity index (χ4v) is 3.89. The molecular formula is C26H22O2. The maximum absolute atomic E-state index is 12.3. The van der Waals surface area contributed by atoms with Crippen molar-refractivity contribution >= 4 is 0 Å². The van der Waals surface area contributed by atoms with Crippen molar-refractivity contribution in [2.24, 2.45) is 0 Å². The SMILES string of the molecule is OC(c1ccccc1)(c1ccccc1)C(O)(c1ccccc1)c1ccccc1. The zero-order valence-corrected chi connectivity index (χ0v) is 15.4. The predicted molar refractivity (Wildman–Crippen MR) is 112 cm³/mol. The van der Waals surface area contributed by atoms with Crippen LogP contribution in [0.15, 0.2) is 121 Å². The van der Waals surface area contributed by atoms with Crippen molar-refractivity contribution in [2.45, 2.75) is 11.2 Å². The molecule has 0 aliphatic heterocycles. The second-order valence-electron chi connectivity index (χ2n) is 6.88. The fraction of sp³-hybridized carbons (Fsp3) is 0.0769. The van der Waals surface area contributed by atoms with E-state index in [1.807, 2.05) is 121 Å². The van der Waals surface area contributed by atoms with Gasteiger partial charge in [-0.1, -0.05) is 121 Å². The first kappa shape index (κ1) is 18.2. The summed E-state index contributed by atoms with van der Waals surface area (Å²) in [4.78, 5) is 0. The fourth-order valence-electron chi connectivity index (χ4n) is 3.89. The van der Waals surface area contributed by atoms with Crippen LogP contribution in [0.4, 0.5) is 0 Å². The largest absolute Gasteiger partial charge is 0.377 e. The van der Waals surface area contributed by atoms with Crippen LogP contribution in [0.3, 0.4) is 0 Å². The number of aliphatic hydroxyl groups is 2. The monoisotopic (exact) mass is 366 g/mol. The minimum Gasteiger partial charge on any atom is -0.377 e. The van der Waals surface area contributed by atoms with Gasteiger partial charge in [-0.05, 0) is 22.3 Å². The molecule has 0 aromatic heterocycles. The molecule has 2 heteroatoms. The van der Waals surface area contributed by atoms with Crippen LogP contribution in [0.25, 0.3) is 0 Å². The normalized spacial score (nSPS) is 11.9. The minimum absolute atomic E-state index is 0.622. The van der Waals surface area contributed by atoms with Crippen molar-refractivity contribution in [1.29, 1.82) is 0 Å². The first-order valence-corrected chi connectivity index (χ1v) is 9.34. The van der Waals surface area contributed by atoms with Crippen molar-refractivity contribution in [2.75, 3.05) is 0 Å². The van der Waals surface area contributed by atoms with E-state index in [9.17, 15) is 10.2 Å². The molecule has 0 saturated heterocycles. The lowest BCUT2D eigenvalue weighted by molar-refractivity contribution is -0.113. The predicted octanol–water partition coefficient (Wildman–Crippen LogP) is 4.86. The van der Waals surface area contributed by atoms with Gasteiger partial charge in [-0.3, -0.25) is 0 Å². The minimum atomic E-state index is -1.70. The summed E-state index contributed by atoms with van der Waals surface area (Å²) in [5, 5.41) is 24.7. The van der Waals surface area contributed by atoms with Crippen LogP contribution in [0.2, 0.25) is 0 Å². The third kappa shape index (κ3) is 2.84. The van der Waals surface area contributed by atoms with Crippen LogP contribution in [-0.4, -0.2) is 10.2 Å². The lowest BCUT2D eigenvalue weighted by atomic mass is 9.66. The molecule has 0 unspecified atom stereocenters. The van der Waals surface area contributed by atoms with Gasteiger partial charge in [0.25, 0.3) is 0 Å². The molecule has 0 aliphatic carbocycles. The van der Waals surface area contributed by atoms with E-state index < -0.39 is 11.2 Å². The molecule has 0 heterocycles. The Kier molecular flexibility index (Phi) is 4.82. The Morgan fingerprint density at radius 3 is 0.679 bits per heavy atom. The van der Waals surface area contributed by atoms with Gasteiger partial charge in [0, 0.05) is 0 Å². The molecule has 0 amide bonds. The Labute approximate surface area is 165 Å². The molecule has 4 aromatic carbocycles. The van der Waals surface area contributed by atoms with Crippen LogP contribution < -0.4 is 0 Å². The molecule has 0 fully saturated rings. The quantitative estimate of drug-likeness (QED) is 0.530. The number of hydrogen-bond donors (Lipinski definition) is 2. The number of hydrogen-bond acceptors (Lipinski definition) is 2. The highest BCUT2D eigenvalue weighted by Gasteiger charge is 2.54. The number of rotatable bonds is 5. The summed E-state index contributed by atoms with van der Waals surface area (Å²) in [6.07, 6.45) is 0. The zero-order chi connectivity index (χ0) is 19.5. The van der Waals surface area contributed by atoms with Gasteiger partial charge in [0.1, 0.15) is 0 Å². The second-order valence-corrected chi connectivity index (χ2v) is 6.88. The van der Waals surface area contributed by atoms with Gasteiger partial charge in [0.2, 0.25) is 0 Å². The van der Waals surface area contributed by atoms with E-state index >= 15 is 0 Å². The molecule has 0 aliphatic rings. The Balaban J connectivity index is 2.09. The number of benzene rings is 4. The molecule has 28 heavy (non-hydrogen) atoms. The van der Waals surface area contributed by atoms with Crippen LogP contribution in [0.5, 0.6) is 0 Å². The van der Waals surface area contributed by atoms with Crippen molar-refractivity contribution in [3.8, 4) is 0 Å². The molecule has 0 bridgehead atoms. The van der Waals surface area contributed by atoms with Gasteiger partial charge in [0.15, 0.2) is 11.2 Å². The Morgan fingerprint density at radius 2 is 0.500 bits per heavy atom. The average molecular weight is 366 g/mol. The highest BCUT2D eigenvalue weighted by molar-refractivity contribution is 5.50. The van der Waals surface area contributed by atoms with Crippen molar-refractivity contribution in [1.82, 2.24) is 0 Å². The van der Waals surface area contributed by atoms with Crippen LogP contribution >= 0.6 is 0 Å². The third-order valence-electron chi connectivity index (χ3n) is 5.29. The summed E-state index contributed by atoms with van der Waals surface area (Å²) in [7, 11) is 0. The van der Waals surface area contributed by atoms with Gasteiger partial charge in [-0.2, -0.15) is 0 Å². The molecule has 138 valence electrons. The van der Waals surface area contributed by atoms with E-state index in [0.717, 1.165) is 0 Å². The first-order valence-electron chi connectivity index (χ1n) is 9.34. The summed E-state index contributed by atoms with van der Waals surface area (Å²) in [5.41, 5.74) is -0.906. The first-order chi connectivity index (χ1) is 13.7. The maximum Gasteiger partial charge on any atom is 0.152 e. The summed E-state index contributed by atoms with van der Waals surface area (Å²) in [5.74, 6) is 0. The van der Waals surface area contributed by atoms with Gasteiger partial charge in [-0.15, -0.1) is 0 Å². The van der Waals surface area contributed by atoms with Crippen LogP contribution in [0.1, 0.15) is 22.3 Å². The van der Waals surface area contributed by atoms with Crippen LogP contribution in [0, 0.1) is 0 Å². The van der Waals surface area contributed by atoms with E-state index in [1.165, 1.54) is 0 Å². The molecule has 2 nitrogen and oxygen atoms in total. The third-order valence-corrected chi connectivity index (χ3v) is 5.29. The van der Waals surface area contributed by atoms with Crippen molar-refractivity contribution in [3.05, 3.63) is 144 Å². The van der Waals surface area contributed by atoms with Gasteiger partial charge in [0.05, 0.1) is 0 Å². The molecular weight excluding hydrogens is 344 g/mol. The van der Waals surface area contributed by atoms with E-state index in [0.29, 0.717) is 22.3 Å². The van der Waals surface area contributed by atoms with E-state index in [-0.39, 0.29) is 0 Å². The lowest BCUT2D eigenvalue weighted by Gasteiger charge is -2.45. The van der Waals surface area contributed by atoms with Gasteiger partial charge < -0.3 is 10.2 Å². The molecule has 4 aromatic rings. The lowest BCUT2D eigenvalue weighted by Crippen LogP contribution is -2.51. The maximum atomic E-state index is 12.3. The zero-order valence-electron chi connectivity index (χ0n) is 15.4. The molecule has 0 saturated carbocycles. The summed E-state index contributed by atoms with van der Waals surface area (Å²) < 4.78 is 0. The Hall–Kier alpha value is -3.20.